The van der Waals surface area contributed by atoms with Crippen LogP contribution in [0.15, 0.2) is 91.1 Å². The van der Waals surface area contributed by atoms with E-state index in [4.69, 9.17) is 9.84 Å². The van der Waals surface area contributed by atoms with Crippen LogP contribution in [0.3, 0.4) is 0 Å². The number of hydrogen-bond acceptors (Lipinski definition) is 5. The van der Waals surface area contributed by atoms with Gasteiger partial charge < -0.3 is 24.9 Å². The maximum Gasteiger partial charge on any atom is 0.408 e. The lowest BCUT2D eigenvalue weighted by Crippen LogP contribution is -2.56. The van der Waals surface area contributed by atoms with Gasteiger partial charge >= 0.3 is 6.09 Å². The molecule has 2 aromatic heterocycles. The number of carbonyl (C=O) groups excluding carboxylic acids is 2. The molecular weight excluding hydrogens is 576 g/mol. The van der Waals surface area contributed by atoms with Crippen LogP contribution in [0.1, 0.15) is 69.0 Å². The summed E-state index contributed by atoms with van der Waals surface area (Å²) in [5.41, 5.74) is 2.54. The molecule has 2 amide bonds. The molecule has 0 aliphatic heterocycles. The van der Waals surface area contributed by atoms with E-state index < -0.39 is 23.3 Å². The lowest BCUT2D eigenvalue weighted by molar-refractivity contribution is -0.127. The van der Waals surface area contributed by atoms with Crippen molar-refractivity contribution in [2.24, 2.45) is 0 Å². The molecule has 0 saturated carbocycles. The van der Waals surface area contributed by atoms with E-state index in [0.717, 1.165) is 35.1 Å². The molecule has 5 aromatic rings. The minimum absolute atomic E-state index is 0.355. The molecule has 2 heterocycles. The van der Waals surface area contributed by atoms with Crippen LogP contribution >= 0.6 is 0 Å². The molecule has 46 heavy (non-hydrogen) atoms. The second-order valence-corrected chi connectivity index (χ2v) is 13.2. The normalized spacial score (nSPS) is 12.5. The van der Waals surface area contributed by atoms with Crippen molar-refractivity contribution < 1.29 is 14.3 Å². The summed E-state index contributed by atoms with van der Waals surface area (Å²) in [7, 11) is 0. The van der Waals surface area contributed by atoms with E-state index >= 15 is 0 Å². The van der Waals surface area contributed by atoms with E-state index in [1.807, 2.05) is 60.8 Å². The summed E-state index contributed by atoms with van der Waals surface area (Å²) in [4.78, 5) is 29.9. The quantitative estimate of drug-likeness (QED) is 0.148. The summed E-state index contributed by atoms with van der Waals surface area (Å²) in [5.74, 6) is 1.18. The molecule has 9 heteroatoms. The van der Waals surface area contributed by atoms with Crippen molar-refractivity contribution >= 4 is 22.9 Å². The van der Waals surface area contributed by atoms with Gasteiger partial charge in [-0.05, 0) is 70.2 Å². The molecule has 240 valence electrons. The van der Waals surface area contributed by atoms with Crippen LogP contribution < -0.4 is 10.6 Å². The number of aromatic nitrogens is 4. The first-order chi connectivity index (χ1) is 22.0. The van der Waals surface area contributed by atoms with Crippen molar-refractivity contribution in [3.05, 3.63) is 119 Å². The maximum atomic E-state index is 13.9. The van der Waals surface area contributed by atoms with Gasteiger partial charge in [-0.3, -0.25) is 4.79 Å². The van der Waals surface area contributed by atoms with Crippen LogP contribution in [0, 0.1) is 0 Å². The Balaban J connectivity index is 1.48. The number of para-hydroxylation sites is 1. The smallest absolute Gasteiger partial charge is 0.408 e. The first kappa shape index (κ1) is 32.5. The predicted molar refractivity (Wildman–Crippen MR) is 180 cm³/mol. The number of carbonyl (C=O) groups is 2. The SMILES string of the molecule is CC(C)(C)OC(=O)NC(C)(C)C(=O)N[C@H](Cc1c[nH]c2ccccc12)c1nnc(CCc2ccccc2)n1CCc1ccccc1. The van der Waals surface area contributed by atoms with Gasteiger partial charge in [0.05, 0.1) is 6.04 Å². The number of nitrogens with zero attached hydrogens (tertiary/aromatic N) is 3. The van der Waals surface area contributed by atoms with Crippen molar-refractivity contribution in [2.45, 2.75) is 84.0 Å². The number of fused-ring (bicyclic) bond motifs is 1. The van der Waals surface area contributed by atoms with Gasteiger partial charge in [0.1, 0.15) is 17.0 Å². The third-order valence-electron chi connectivity index (χ3n) is 7.90. The summed E-state index contributed by atoms with van der Waals surface area (Å²) in [5, 5.41) is 16.4. The van der Waals surface area contributed by atoms with E-state index in [9.17, 15) is 9.59 Å². The number of amides is 2. The lowest BCUT2D eigenvalue weighted by Gasteiger charge is -2.29. The van der Waals surface area contributed by atoms with Crippen molar-refractivity contribution in [3.8, 4) is 0 Å². The number of benzene rings is 3. The molecule has 0 bridgehead atoms. The number of aromatic amines is 1. The third-order valence-corrected chi connectivity index (χ3v) is 7.90. The minimum Gasteiger partial charge on any atom is -0.444 e. The molecule has 9 nitrogen and oxygen atoms in total. The van der Waals surface area contributed by atoms with Crippen molar-refractivity contribution in [3.63, 3.8) is 0 Å². The summed E-state index contributed by atoms with van der Waals surface area (Å²) in [6.07, 6.45) is 4.09. The van der Waals surface area contributed by atoms with Gasteiger partial charge in [0, 0.05) is 36.5 Å². The highest BCUT2D eigenvalue weighted by Crippen LogP contribution is 2.26. The molecule has 3 N–H and O–H groups in total. The van der Waals surface area contributed by atoms with Gasteiger partial charge in [0.15, 0.2) is 5.82 Å². The van der Waals surface area contributed by atoms with Gasteiger partial charge in [0.25, 0.3) is 0 Å². The van der Waals surface area contributed by atoms with Crippen LogP contribution in [0.2, 0.25) is 0 Å². The zero-order chi connectivity index (χ0) is 32.7. The van der Waals surface area contributed by atoms with E-state index in [0.29, 0.717) is 25.2 Å². The van der Waals surface area contributed by atoms with Crippen molar-refractivity contribution in [1.29, 1.82) is 0 Å². The van der Waals surface area contributed by atoms with E-state index in [2.05, 4.69) is 55.6 Å². The van der Waals surface area contributed by atoms with Gasteiger partial charge in [0.2, 0.25) is 5.91 Å². The molecule has 0 aliphatic carbocycles. The average molecular weight is 621 g/mol. The predicted octanol–water partition coefficient (Wildman–Crippen LogP) is 6.49. The Kier molecular flexibility index (Phi) is 9.90. The first-order valence-electron chi connectivity index (χ1n) is 15.9. The molecule has 0 radical (unpaired) electrons. The molecule has 0 unspecified atom stereocenters. The number of hydrogen-bond donors (Lipinski definition) is 3. The number of nitrogens with one attached hydrogen (secondary N) is 3. The van der Waals surface area contributed by atoms with Crippen molar-refractivity contribution in [2.75, 3.05) is 0 Å². The van der Waals surface area contributed by atoms with Gasteiger partial charge in [-0.1, -0.05) is 78.9 Å². The summed E-state index contributed by atoms with van der Waals surface area (Å²) in [6.45, 7) is 9.34. The fourth-order valence-corrected chi connectivity index (χ4v) is 5.50. The highest BCUT2D eigenvalue weighted by atomic mass is 16.6. The van der Waals surface area contributed by atoms with Crippen LogP contribution in [-0.4, -0.2) is 42.9 Å². The van der Waals surface area contributed by atoms with Crippen LogP contribution in [0.5, 0.6) is 0 Å². The number of H-pyrrole nitrogens is 1. The third kappa shape index (κ3) is 8.41. The Morgan fingerprint density at radius 2 is 1.46 bits per heavy atom. The Bertz CT molecular complexity index is 1750. The maximum absolute atomic E-state index is 13.9. The summed E-state index contributed by atoms with van der Waals surface area (Å²) >= 11 is 0. The first-order valence-corrected chi connectivity index (χ1v) is 15.9. The van der Waals surface area contributed by atoms with Crippen LogP contribution in [0.25, 0.3) is 10.9 Å². The molecule has 5 rings (SSSR count). The lowest BCUT2D eigenvalue weighted by atomic mass is 10.0. The highest BCUT2D eigenvalue weighted by molar-refractivity contribution is 5.89. The molecule has 3 aromatic carbocycles. The number of ether oxygens (including phenoxy) is 1. The average Bonchev–Trinajstić information content (AvgIpc) is 3.62. The summed E-state index contributed by atoms with van der Waals surface area (Å²) < 4.78 is 7.60. The van der Waals surface area contributed by atoms with Crippen LogP contribution in [-0.2, 0) is 41.8 Å². The second-order valence-electron chi connectivity index (χ2n) is 13.2. The Morgan fingerprint density at radius 3 is 2.13 bits per heavy atom. The van der Waals surface area contributed by atoms with E-state index in [-0.39, 0.29) is 5.91 Å². The molecule has 0 spiro atoms. The number of aryl methyl sites for hydroxylation is 3. The summed E-state index contributed by atoms with van der Waals surface area (Å²) in [6, 6.07) is 28.2. The standard InChI is InChI=1S/C37H44N6O3/c1-36(2,3)46-35(45)40-37(4,5)34(44)39-31(24-28-25-38-30-19-13-12-18-29(28)30)33-42-41-32(21-20-26-14-8-6-9-15-26)43(33)23-22-27-16-10-7-11-17-27/h6-19,25,31,38H,20-24H2,1-5H3,(H,39,44)(H,40,45)/t31-/m1/s1. The van der Waals surface area contributed by atoms with E-state index in [1.54, 1.807) is 34.6 Å². The number of alkyl carbamates (subject to hydrolysis) is 1. The fourth-order valence-electron chi connectivity index (χ4n) is 5.50. The topological polar surface area (TPSA) is 114 Å². The largest absolute Gasteiger partial charge is 0.444 e. The molecule has 1 atom stereocenters. The zero-order valence-electron chi connectivity index (χ0n) is 27.3. The Hall–Kier alpha value is -4.92. The Morgan fingerprint density at radius 1 is 0.826 bits per heavy atom. The molecule has 0 saturated heterocycles. The van der Waals surface area contributed by atoms with Gasteiger partial charge in [-0.25, -0.2) is 4.79 Å². The van der Waals surface area contributed by atoms with Crippen LogP contribution in [0.4, 0.5) is 4.79 Å². The molecule has 0 fully saturated rings. The molecule has 0 aliphatic rings. The van der Waals surface area contributed by atoms with Crippen molar-refractivity contribution in [1.82, 2.24) is 30.4 Å². The fraction of sp³-hybridized carbons (Fsp3) is 0.351. The monoisotopic (exact) mass is 620 g/mol. The second kappa shape index (κ2) is 14.0. The van der Waals surface area contributed by atoms with Gasteiger partial charge in [-0.2, -0.15) is 0 Å². The number of rotatable bonds is 12. The van der Waals surface area contributed by atoms with Gasteiger partial charge in [-0.15, -0.1) is 10.2 Å². The minimum atomic E-state index is -1.26. The Labute approximate surface area is 270 Å². The van der Waals surface area contributed by atoms with E-state index in [1.165, 1.54) is 11.1 Å². The zero-order valence-corrected chi connectivity index (χ0v) is 27.3. The highest BCUT2D eigenvalue weighted by Gasteiger charge is 2.35. The molecular formula is C37H44N6O3.